The molecular weight excluding hydrogens is 234 g/mol. The number of nitrogens with one attached hydrogen (secondary N) is 1. The van der Waals surface area contributed by atoms with Crippen molar-refractivity contribution in [2.45, 2.75) is 26.0 Å². The fourth-order valence-electron chi connectivity index (χ4n) is 2.12. The summed E-state index contributed by atoms with van der Waals surface area (Å²) in [5.74, 6) is 0. The summed E-state index contributed by atoms with van der Waals surface area (Å²) in [7, 11) is 0. The van der Waals surface area contributed by atoms with Crippen LogP contribution in [0.25, 0.3) is 0 Å². The van der Waals surface area contributed by atoms with Crippen molar-refractivity contribution in [3.8, 4) is 0 Å². The van der Waals surface area contributed by atoms with Gasteiger partial charge in [0.25, 0.3) is 0 Å². The molecule has 19 heavy (non-hydrogen) atoms. The molecule has 2 N–H and O–H groups in total. The van der Waals surface area contributed by atoms with Crippen LogP contribution >= 0.6 is 0 Å². The minimum atomic E-state index is -0.350. The van der Waals surface area contributed by atoms with Gasteiger partial charge in [-0.25, -0.2) is 0 Å². The topological polar surface area (TPSA) is 32.3 Å². The Morgan fingerprint density at radius 1 is 0.947 bits per heavy atom. The molecule has 2 aromatic carbocycles. The van der Waals surface area contributed by atoms with E-state index >= 15 is 0 Å². The molecule has 0 amide bonds. The van der Waals surface area contributed by atoms with Crippen molar-refractivity contribution in [2.24, 2.45) is 0 Å². The lowest BCUT2D eigenvalue weighted by atomic mass is 9.97. The normalized spacial score (nSPS) is 14.1. The monoisotopic (exact) mass is 255 g/mol. The molecule has 0 bridgehead atoms. The van der Waals surface area contributed by atoms with Crippen molar-refractivity contribution in [2.75, 3.05) is 6.54 Å². The summed E-state index contributed by atoms with van der Waals surface area (Å²) in [6, 6.07) is 19.0. The molecule has 2 aromatic rings. The fourth-order valence-corrected chi connectivity index (χ4v) is 2.12. The molecule has 0 fully saturated rings. The lowest BCUT2D eigenvalue weighted by molar-refractivity contribution is 0.188. The Labute approximate surface area is 115 Å². The predicted octanol–water partition coefficient (Wildman–Crippen LogP) is 3.05. The highest BCUT2D eigenvalue weighted by atomic mass is 16.3. The van der Waals surface area contributed by atoms with Crippen molar-refractivity contribution in [1.29, 1.82) is 0 Å². The van der Waals surface area contributed by atoms with Gasteiger partial charge < -0.3 is 10.4 Å². The van der Waals surface area contributed by atoms with Crippen molar-refractivity contribution < 1.29 is 5.11 Å². The molecule has 2 rings (SSSR count). The van der Waals surface area contributed by atoms with Gasteiger partial charge in [0.15, 0.2) is 0 Å². The largest absolute Gasteiger partial charge is 0.392 e. The van der Waals surface area contributed by atoms with Gasteiger partial charge in [0, 0.05) is 6.54 Å². The standard InChI is InChI=1S/C17H21NO/c1-13-8-10-16(11-9-13)17(18-12-14(2)19)15-6-4-3-5-7-15/h3-11,14,17-19H,12H2,1-2H3. The quantitative estimate of drug-likeness (QED) is 0.860. The molecular formula is C17H21NO. The second kappa shape index (κ2) is 6.50. The first kappa shape index (κ1) is 13.8. The smallest absolute Gasteiger partial charge is 0.0636 e. The highest BCUT2D eigenvalue weighted by Gasteiger charge is 2.13. The van der Waals surface area contributed by atoms with Gasteiger partial charge in [-0.1, -0.05) is 60.2 Å². The zero-order valence-electron chi connectivity index (χ0n) is 11.5. The summed E-state index contributed by atoms with van der Waals surface area (Å²) in [5.41, 5.74) is 3.69. The zero-order chi connectivity index (χ0) is 13.7. The van der Waals surface area contributed by atoms with E-state index in [9.17, 15) is 5.11 Å². The number of aliphatic hydroxyl groups is 1. The lowest BCUT2D eigenvalue weighted by Gasteiger charge is -2.21. The minimum absolute atomic E-state index is 0.122. The number of hydrogen-bond acceptors (Lipinski definition) is 2. The van der Waals surface area contributed by atoms with Gasteiger partial charge in [-0.2, -0.15) is 0 Å². The first-order valence-electron chi connectivity index (χ1n) is 6.70. The maximum absolute atomic E-state index is 9.48. The van der Waals surface area contributed by atoms with Gasteiger partial charge in [0.1, 0.15) is 0 Å². The third kappa shape index (κ3) is 3.91. The van der Waals surface area contributed by atoms with E-state index in [1.165, 1.54) is 16.7 Å². The summed E-state index contributed by atoms with van der Waals surface area (Å²) in [4.78, 5) is 0. The van der Waals surface area contributed by atoms with E-state index in [0.29, 0.717) is 6.54 Å². The van der Waals surface area contributed by atoms with Crippen LogP contribution in [0.4, 0.5) is 0 Å². The van der Waals surface area contributed by atoms with E-state index in [1.807, 2.05) is 18.2 Å². The molecule has 2 nitrogen and oxygen atoms in total. The molecule has 0 heterocycles. The van der Waals surface area contributed by atoms with Crippen LogP contribution in [0.3, 0.4) is 0 Å². The van der Waals surface area contributed by atoms with E-state index in [0.717, 1.165) is 0 Å². The summed E-state index contributed by atoms with van der Waals surface area (Å²) in [5, 5.41) is 12.9. The van der Waals surface area contributed by atoms with Gasteiger partial charge in [-0.05, 0) is 25.0 Å². The average Bonchev–Trinajstić information content (AvgIpc) is 2.42. The first-order valence-corrected chi connectivity index (χ1v) is 6.70. The molecule has 0 saturated heterocycles. The number of benzene rings is 2. The Bertz CT molecular complexity index is 490. The molecule has 2 heteroatoms. The van der Waals surface area contributed by atoms with Crippen molar-refractivity contribution in [3.63, 3.8) is 0 Å². The van der Waals surface area contributed by atoms with E-state index < -0.39 is 0 Å². The van der Waals surface area contributed by atoms with E-state index in [1.54, 1.807) is 6.92 Å². The van der Waals surface area contributed by atoms with Crippen LogP contribution in [0.5, 0.6) is 0 Å². The second-order valence-electron chi connectivity index (χ2n) is 5.01. The van der Waals surface area contributed by atoms with Gasteiger partial charge >= 0.3 is 0 Å². The van der Waals surface area contributed by atoms with Crippen molar-refractivity contribution >= 4 is 0 Å². The predicted molar refractivity (Wildman–Crippen MR) is 79.1 cm³/mol. The van der Waals surface area contributed by atoms with Crippen LogP contribution in [-0.4, -0.2) is 17.8 Å². The van der Waals surface area contributed by atoms with Crippen molar-refractivity contribution in [3.05, 3.63) is 71.3 Å². The van der Waals surface area contributed by atoms with Crippen LogP contribution in [-0.2, 0) is 0 Å². The lowest BCUT2D eigenvalue weighted by Crippen LogP contribution is -2.29. The molecule has 2 atom stereocenters. The molecule has 2 unspecified atom stereocenters. The molecule has 100 valence electrons. The maximum atomic E-state index is 9.48. The van der Waals surface area contributed by atoms with Gasteiger partial charge in [0.2, 0.25) is 0 Å². The first-order chi connectivity index (χ1) is 9.16. The summed E-state index contributed by atoms with van der Waals surface area (Å²) in [6.45, 7) is 4.46. The van der Waals surface area contributed by atoms with Crippen LogP contribution in [0.15, 0.2) is 54.6 Å². The molecule has 0 saturated carbocycles. The van der Waals surface area contributed by atoms with Gasteiger partial charge in [-0.15, -0.1) is 0 Å². The average molecular weight is 255 g/mol. The van der Waals surface area contributed by atoms with E-state index in [4.69, 9.17) is 0 Å². The molecule has 0 aliphatic heterocycles. The molecule has 0 aliphatic rings. The second-order valence-corrected chi connectivity index (χ2v) is 5.01. The summed E-state index contributed by atoms with van der Waals surface area (Å²) >= 11 is 0. The highest BCUT2D eigenvalue weighted by molar-refractivity contribution is 5.33. The van der Waals surface area contributed by atoms with Crippen LogP contribution in [0, 0.1) is 6.92 Å². The molecule has 0 spiro atoms. The van der Waals surface area contributed by atoms with Crippen LogP contribution in [0.1, 0.15) is 29.7 Å². The van der Waals surface area contributed by atoms with E-state index in [2.05, 4.69) is 48.6 Å². The van der Waals surface area contributed by atoms with Gasteiger partial charge in [0.05, 0.1) is 12.1 Å². The molecule has 0 aromatic heterocycles. The number of hydrogen-bond donors (Lipinski definition) is 2. The number of aliphatic hydroxyl groups excluding tert-OH is 1. The summed E-state index contributed by atoms with van der Waals surface area (Å²) < 4.78 is 0. The summed E-state index contributed by atoms with van der Waals surface area (Å²) in [6.07, 6.45) is -0.350. The van der Waals surface area contributed by atoms with Crippen LogP contribution in [0.2, 0.25) is 0 Å². The highest BCUT2D eigenvalue weighted by Crippen LogP contribution is 2.22. The fraction of sp³-hybridized carbons (Fsp3) is 0.294. The number of rotatable bonds is 5. The molecule has 0 aliphatic carbocycles. The van der Waals surface area contributed by atoms with E-state index in [-0.39, 0.29) is 12.1 Å². The Balaban J connectivity index is 2.26. The van der Waals surface area contributed by atoms with Gasteiger partial charge in [-0.3, -0.25) is 0 Å². The van der Waals surface area contributed by atoms with Crippen molar-refractivity contribution in [1.82, 2.24) is 5.32 Å². The third-order valence-electron chi connectivity index (χ3n) is 3.16. The Morgan fingerprint density at radius 2 is 1.53 bits per heavy atom. The third-order valence-corrected chi connectivity index (χ3v) is 3.16. The Hall–Kier alpha value is -1.64. The SMILES string of the molecule is Cc1ccc(C(NCC(C)O)c2ccccc2)cc1. The molecule has 0 radical (unpaired) electrons. The number of aryl methyl sites for hydroxylation is 1. The van der Waals surface area contributed by atoms with Crippen LogP contribution < -0.4 is 5.32 Å². The maximum Gasteiger partial charge on any atom is 0.0636 e. The zero-order valence-corrected chi connectivity index (χ0v) is 11.5. The Morgan fingerprint density at radius 3 is 2.11 bits per heavy atom. The Kier molecular flexibility index (Phi) is 4.72. The minimum Gasteiger partial charge on any atom is -0.392 e.